The van der Waals surface area contributed by atoms with Gasteiger partial charge >= 0.3 is 0 Å². The largest absolute Gasteiger partial charge is 0.493 e. The van der Waals surface area contributed by atoms with E-state index in [1.54, 1.807) is 19.2 Å². The van der Waals surface area contributed by atoms with E-state index in [1.807, 2.05) is 30.2 Å². The van der Waals surface area contributed by atoms with Crippen molar-refractivity contribution in [1.82, 2.24) is 4.90 Å². The number of nitrogens with zero attached hydrogens (tertiary/aromatic N) is 2. The molecular weight excluding hydrogens is 316 g/mol. The maximum absolute atomic E-state index is 13.2. The smallest absolute Gasteiger partial charge is 0.257 e. The Balaban J connectivity index is 1.77. The van der Waals surface area contributed by atoms with Crippen LogP contribution in [0.3, 0.4) is 0 Å². The van der Waals surface area contributed by atoms with Gasteiger partial charge in [0.1, 0.15) is 0 Å². The van der Waals surface area contributed by atoms with Crippen LogP contribution in [0.15, 0.2) is 41.4 Å². The van der Waals surface area contributed by atoms with Crippen molar-refractivity contribution in [1.29, 1.82) is 0 Å². The lowest BCUT2D eigenvalue weighted by molar-refractivity contribution is 0.0703. The molecule has 0 saturated carbocycles. The first-order valence-corrected chi connectivity index (χ1v) is 8.48. The van der Waals surface area contributed by atoms with Crippen molar-refractivity contribution in [2.45, 2.75) is 25.9 Å². The molecule has 5 nitrogen and oxygen atoms in total. The van der Waals surface area contributed by atoms with Gasteiger partial charge in [-0.3, -0.25) is 9.79 Å². The summed E-state index contributed by atoms with van der Waals surface area (Å²) in [5.74, 6) is 1.14. The predicted molar refractivity (Wildman–Crippen MR) is 96.1 cm³/mol. The zero-order valence-electron chi connectivity index (χ0n) is 14.4. The molecule has 0 fully saturated rings. The average Bonchev–Trinajstić information content (AvgIpc) is 2.77. The number of methoxy groups -OCH3 is 1. The van der Waals surface area contributed by atoms with E-state index >= 15 is 0 Å². The summed E-state index contributed by atoms with van der Waals surface area (Å²) in [5.41, 5.74) is 3.66. The van der Waals surface area contributed by atoms with E-state index in [9.17, 15) is 4.79 Å². The van der Waals surface area contributed by atoms with Crippen molar-refractivity contribution in [2.75, 3.05) is 13.7 Å². The van der Waals surface area contributed by atoms with Crippen LogP contribution in [0.2, 0.25) is 0 Å². The van der Waals surface area contributed by atoms with Gasteiger partial charge in [0.15, 0.2) is 11.5 Å². The summed E-state index contributed by atoms with van der Waals surface area (Å²) < 4.78 is 11.0. The molecule has 0 unspecified atom stereocenters. The molecule has 1 amide bonds. The van der Waals surface area contributed by atoms with Gasteiger partial charge in [-0.15, -0.1) is 0 Å². The third-order valence-corrected chi connectivity index (χ3v) is 4.75. The maximum Gasteiger partial charge on any atom is 0.257 e. The first-order valence-electron chi connectivity index (χ1n) is 8.48. The molecule has 0 spiro atoms. The second kappa shape index (κ2) is 6.24. The lowest BCUT2D eigenvalue weighted by atomic mass is 9.94. The van der Waals surface area contributed by atoms with E-state index in [1.165, 1.54) is 11.1 Å². The fourth-order valence-electron chi connectivity index (χ4n) is 3.48. The van der Waals surface area contributed by atoms with Gasteiger partial charge in [-0.05, 0) is 30.5 Å². The standard InChI is InChI=1S/C20H20N2O3/c1-3-25-19-10-17-16(9-18(19)24-2)20(23)22-12-14-7-5-4-6-13(14)8-15(22)11-21-17/h4-7,9-11,15H,3,8,12H2,1-2H3/t15-/m1/s1. The first kappa shape index (κ1) is 15.7. The van der Waals surface area contributed by atoms with Crippen LogP contribution in [-0.2, 0) is 13.0 Å². The highest BCUT2D eigenvalue weighted by Crippen LogP contribution is 2.38. The van der Waals surface area contributed by atoms with E-state index in [0.717, 1.165) is 6.42 Å². The van der Waals surface area contributed by atoms with Crippen molar-refractivity contribution >= 4 is 17.8 Å². The Bertz CT molecular complexity index is 860. The Hall–Kier alpha value is -2.82. The molecule has 5 heteroatoms. The molecule has 0 aromatic heterocycles. The van der Waals surface area contributed by atoms with E-state index in [2.05, 4.69) is 17.1 Å². The third-order valence-electron chi connectivity index (χ3n) is 4.75. The lowest BCUT2D eigenvalue weighted by Crippen LogP contribution is -2.44. The predicted octanol–water partition coefficient (Wildman–Crippen LogP) is 3.38. The number of benzene rings is 2. The summed E-state index contributed by atoms with van der Waals surface area (Å²) >= 11 is 0. The fraction of sp³-hybridized carbons (Fsp3) is 0.300. The minimum absolute atomic E-state index is 0.0200. The fourth-order valence-corrected chi connectivity index (χ4v) is 3.48. The Kier molecular flexibility index (Phi) is 3.92. The Morgan fingerprint density at radius 1 is 1.20 bits per heavy atom. The lowest BCUT2D eigenvalue weighted by Gasteiger charge is -2.34. The van der Waals surface area contributed by atoms with E-state index in [4.69, 9.17) is 9.47 Å². The summed E-state index contributed by atoms with van der Waals surface area (Å²) in [7, 11) is 1.58. The quantitative estimate of drug-likeness (QED) is 0.863. The summed E-state index contributed by atoms with van der Waals surface area (Å²) in [5, 5.41) is 0. The van der Waals surface area contributed by atoms with Gasteiger partial charge in [-0.1, -0.05) is 24.3 Å². The topological polar surface area (TPSA) is 51.1 Å². The van der Waals surface area contributed by atoms with Crippen LogP contribution in [0.25, 0.3) is 0 Å². The molecule has 4 rings (SSSR count). The van der Waals surface area contributed by atoms with Gasteiger partial charge in [-0.2, -0.15) is 0 Å². The highest BCUT2D eigenvalue weighted by molar-refractivity contribution is 6.03. The molecule has 2 aliphatic rings. The van der Waals surface area contributed by atoms with Gasteiger partial charge in [0.2, 0.25) is 0 Å². The molecule has 1 atom stereocenters. The van der Waals surface area contributed by atoms with E-state index in [0.29, 0.717) is 35.9 Å². The average molecular weight is 336 g/mol. The summed E-state index contributed by atoms with van der Waals surface area (Å²) in [4.78, 5) is 19.6. The number of ether oxygens (including phenoxy) is 2. The van der Waals surface area contributed by atoms with Crippen molar-refractivity contribution in [3.8, 4) is 11.5 Å². The maximum atomic E-state index is 13.2. The number of amides is 1. The van der Waals surface area contributed by atoms with Crippen LogP contribution >= 0.6 is 0 Å². The van der Waals surface area contributed by atoms with Gasteiger partial charge in [0, 0.05) is 18.8 Å². The van der Waals surface area contributed by atoms with Crippen LogP contribution < -0.4 is 9.47 Å². The molecule has 0 N–H and O–H groups in total. The van der Waals surface area contributed by atoms with Gasteiger partial charge in [-0.25, -0.2) is 0 Å². The normalized spacial score (nSPS) is 18.1. The highest BCUT2D eigenvalue weighted by atomic mass is 16.5. The second-order valence-corrected chi connectivity index (χ2v) is 6.20. The first-order chi connectivity index (χ1) is 12.2. The van der Waals surface area contributed by atoms with Crippen LogP contribution in [0, 0.1) is 0 Å². The van der Waals surface area contributed by atoms with E-state index in [-0.39, 0.29) is 11.9 Å². The number of carbonyl (C=O) groups excluding carboxylic acids is 1. The molecule has 0 bridgehead atoms. The Labute approximate surface area is 146 Å². The monoisotopic (exact) mass is 336 g/mol. The molecule has 0 saturated heterocycles. The van der Waals surface area contributed by atoms with Crippen molar-refractivity contribution < 1.29 is 14.3 Å². The van der Waals surface area contributed by atoms with E-state index < -0.39 is 0 Å². The van der Waals surface area contributed by atoms with Crippen LogP contribution in [-0.4, -0.2) is 36.8 Å². The highest BCUT2D eigenvalue weighted by Gasteiger charge is 2.33. The van der Waals surface area contributed by atoms with Crippen LogP contribution in [0.4, 0.5) is 5.69 Å². The van der Waals surface area contributed by atoms with Gasteiger partial charge in [0.25, 0.3) is 5.91 Å². The summed E-state index contributed by atoms with van der Waals surface area (Å²) in [6.07, 6.45) is 2.66. The Morgan fingerprint density at radius 3 is 2.76 bits per heavy atom. The van der Waals surface area contributed by atoms with Crippen LogP contribution in [0.5, 0.6) is 11.5 Å². The third kappa shape index (κ3) is 2.65. The molecule has 2 aliphatic heterocycles. The molecule has 25 heavy (non-hydrogen) atoms. The minimum atomic E-state index is -0.0312. The Morgan fingerprint density at radius 2 is 2.00 bits per heavy atom. The van der Waals surface area contributed by atoms with Crippen LogP contribution in [0.1, 0.15) is 28.4 Å². The number of hydrogen-bond donors (Lipinski definition) is 0. The summed E-state index contributed by atoms with van der Waals surface area (Å²) in [6, 6.07) is 11.8. The zero-order chi connectivity index (χ0) is 17.4. The number of rotatable bonds is 3. The summed E-state index contributed by atoms with van der Waals surface area (Å²) in [6.45, 7) is 3.04. The molecule has 0 aliphatic carbocycles. The van der Waals surface area contributed by atoms with Crippen molar-refractivity contribution in [3.05, 3.63) is 53.1 Å². The molecular formula is C20H20N2O3. The number of carbonyl (C=O) groups is 1. The van der Waals surface area contributed by atoms with Crippen molar-refractivity contribution in [3.63, 3.8) is 0 Å². The zero-order valence-corrected chi connectivity index (χ0v) is 14.4. The molecule has 2 aromatic rings. The minimum Gasteiger partial charge on any atom is -0.493 e. The van der Waals surface area contributed by atoms with Gasteiger partial charge in [0.05, 0.1) is 31.0 Å². The molecule has 0 radical (unpaired) electrons. The second-order valence-electron chi connectivity index (χ2n) is 6.20. The molecule has 2 aromatic carbocycles. The SMILES string of the molecule is CCOc1cc2c(cc1OC)C(=O)N1Cc3ccccc3C[C@@H]1C=N2. The van der Waals surface area contributed by atoms with Gasteiger partial charge < -0.3 is 14.4 Å². The number of hydrogen-bond acceptors (Lipinski definition) is 4. The van der Waals surface area contributed by atoms with Crippen molar-refractivity contribution in [2.24, 2.45) is 4.99 Å². The molecule has 128 valence electrons. The number of fused-ring (bicyclic) bond motifs is 3. The molecule has 2 heterocycles. The number of aliphatic imine (C=N–C) groups is 1.